The highest BCUT2D eigenvalue weighted by Gasteiger charge is 2.21. The first-order chi connectivity index (χ1) is 10.7. The lowest BCUT2D eigenvalue weighted by Gasteiger charge is -2.31. The second kappa shape index (κ2) is 6.97. The molecule has 0 atom stereocenters. The van der Waals surface area contributed by atoms with E-state index in [1.54, 1.807) is 0 Å². The SMILES string of the molecule is Cc1nnc(NC(=O)CN2CCC(Cn3ccnc3)CC2)s1. The van der Waals surface area contributed by atoms with Gasteiger partial charge in [-0.25, -0.2) is 4.98 Å². The van der Waals surface area contributed by atoms with E-state index in [0.29, 0.717) is 17.6 Å². The third-order valence-corrected chi connectivity index (χ3v) is 4.63. The number of nitrogens with one attached hydrogen (secondary N) is 1. The van der Waals surface area contributed by atoms with Crippen LogP contribution in [0, 0.1) is 12.8 Å². The molecule has 0 radical (unpaired) electrons. The van der Waals surface area contributed by atoms with Crippen molar-refractivity contribution in [2.75, 3.05) is 25.0 Å². The molecule has 0 aromatic carbocycles. The van der Waals surface area contributed by atoms with Gasteiger partial charge >= 0.3 is 0 Å². The Morgan fingerprint density at radius 1 is 1.41 bits per heavy atom. The Morgan fingerprint density at radius 2 is 2.23 bits per heavy atom. The molecule has 0 spiro atoms. The number of carbonyl (C=O) groups is 1. The maximum Gasteiger partial charge on any atom is 0.240 e. The molecule has 8 heteroatoms. The second-order valence-corrected chi connectivity index (χ2v) is 6.84. The van der Waals surface area contributed by atoms with Crippen LogP contribution < -0.4 is 5.32 Å². The standard InChI is InChI=1S/C14H20N6OS/c1-11-17-18-14(22-11)16-13(21)9-19-5-2-12(3-6-19)8-20-7-4-15-10-20/h4,7,10,12H,2-3,5-6,8-9H2,1H3,(H,16,18,21). The predicted molar refractivity (Wildman–Crippen MR) is 84.7 cm³/mol. The Labute approximate surface area is 133 Å². The zero-order chi connectivity index (χ0) is 15.4. The fourth-order valence-electron chi connectivity index (χ4n) is 2.73. The van der Waals surface area contributed by atoms with Gasteiger partial charge in [-0.15, -0.1) is 10.2 Å². The Hall–Kier alpha value is -1.80. The van der Waals surface area contributed by atoms with Gasteiger partial charge in [0.15, 0.2) is 0 Å². The summed E-state index contributed by atoms with van der Waals surface area (Å²) >= 11 is 1.40. The molecule has 0 aliphatic carbocycles. The van der Waals surface area contributed by atoms with E-state index in [1.165, 1.54) is 11.3 Å². The number of anilines is 1. The Morgan fingerprint density at radius 3 is 2.86 bits per heavy atom. The molecule has 1 aliphatic rings. The van der Waals surface area contributed by atoms with E-state index >= 15 is 0 Å². The predicted octanol–water partition coefficient (Wildman–Crippen LogP) is 1.39. The third kappa shape index (κ3) is 4.11. The smallest absolute Gasteiger partial charge is 0.240 e. The van der Waals surface area contributed by atoms with Crippen LogP contribution in [0.25, 0.3) is 0 Å². The van der Waals surface area contributed by atoms with Gasteiger partial charge in [-0.1, -0.05) is 11.3 Å². The van der Waals surface area contributed by atoms with Crippen LogP contribution in [0.1, 0.15) is 17.8 Å². The summed E-state index contributed by atoms with van der Waals surface area (Å²) in [7, 11) is 0. The number of nitrogens with zero attached hydrogens (tertiary/aromatic N) is 5. The largest absolute Gasteiger partial charge is 0.337 e. The normalized spacial score (nSPS) is 16.8. The molecular formula is C14H20N6OS. The zero-order valence-electron chi connectivity index (χ0n) is 12.6. The molecule has 3 heterocycles. The minimum absolute atomic E-state index is 0.00999. The van der Waals surface area contributed by atoms with Gasteiger partial charge in [0.05, 0.1) is 12.9 Å². The molecule has 1 amide bonds. The number of hydrogen-bond donors (Lipinski definition) is 1. The molecule has 2 aromatic rings. The average molecular weight is 320 g/mol. The van der Waals surface area contributed by atoms with Crippen molar-refractivity contribution in [1.82, 2.24) is 24.6 Å². The van der Waals surface area contributed by atoms with E-state index in [4.69, 9.17) is 0 Å². The Kier molecular flexibility index (Phi) is 4.79. The van der Waals surface area contributed by atoms with Crippen molar-refractivity contribution in [2.45, 2.75) is 26.3 Å². The van der Waals surface area contributed by atoms with Crippen molar-refractivity contribution in [2.24, 2.45) is 5.92 Å². The number of piperidine rings is 1. The van der Waals surface area contributed by atoms with Gasteiger partial charge < -0.3 is 4.57 Å². The van der Waals surface area contributed by atoms with Crippen LogP contribution in [-0.4, -0.2) is 50.2 Å². The van der Waals surface area contributed by atoms with E-state index in [2.05, 4.69) is 30.0 Å². The summed E-state index contributed by atoms with van der Waals surface area (Å²) in [5, 5.41) is 12.1. The number of likely N-dealkylation sites (tertiary alicyclic amines) is 1. The number of aryl methyl sites for hydroxylation is 1. The zero-order valence-corrected chi connectivity index (χ0v) is 13.4. The van der Waals surface area contributed by atoms with Crippen LogP contribution >= 0.6 is 11.3 Å². The van der Waals surface area contributed by atoms with Gasteiger partial charge in [0, 0.05) is 18.9 Å². The minimum atomic E-state index is -0.00999. The van der Waals surface area contributed by atoms with Crippen molar-refractivity contribution in [3.63, 3.8) is 0 Å². The van der Waals surface area contributed by atoms with E-state index in [0.717, 1.165) is 37.5 Å². The van der Waals surface area contributed by atoms with Crippen LogP contribution in [0.15, 0.2) is 18.7 Å². The number of rotatable bonds is 5. The van der Waals surface area contributed by atoms with E-state index in [-0.39, 0.29) is 5.91 Å². The van der Waals surface area contributed by atoms with Crippen LogP contribution in [-0.2, 0) is 11.3 Å². The summed E-state index contributed by atoms with van der Waals surface area (Å²) in [6.45, 7) is 5.24. The lowest BCUT2D eigenvalue weighted by molar-refractivity contribution is -0.117. The molecule has 3 rings (SSSR count). The first-order valence-electron chi connectivity index (χ1n) is 7.47. The second-order valence-electron chi connectivity index (χ2n) is 5.65. The van der Waals surface area contributed by atoms with Crippen molar-refractivity contribution in [3.8, 4) is 0 Å². The summed E-state index contributed by atoms with van der Waals surface area (Å²) in [5.41, 5.74) is 0. The molecule has 1 N–H and O–H groups in total. The fraction of sp³-hybridized carbons (Fsp3) is 0.571. The molecule has 0 bridgehead atoms. The summed E-state index contributed by atoms with van der Waals surface area (Å²) in [4.78, 5) is 18.3. The highest BCUT2D eigenvalue weighted by Crippen LogP contribution is 2.19. The summed E-state index contributed by atoms with van der Waals surface area (Å²) in [6, 6.07) is 0. The molecule has 1 saturated heterocycles. The number of amides is 1. The van der Waals surface area contributed by atoms with Crippen LogP contribution in [0.4, 0.5) is 5.13 Å². The summed E-state index contributed by atoms with van der Waals surface area (Å²) in [6.07, 6.45) is 7.91. The van der Waals surface area contributed by atoms with Crippen molar-refractivity contribution < 1.29 is 4.79 Å². The number of aromatic nitrogens is 4. The maximum atomic E-state index is 12.0. The molecule has 1 fully saturated rings. The molecule has 7 nitrogen and oxygen atoms in total. The maximum absolute atomic E-state index is 12.0. The summed E-state index contributed by atoms with van der Waals surface area (Å²) in [5.74, 6) is 0.656. The monoisotopic (exact) mass is 320 g/mol. The fourth-order valence-corrected chi connectivity index (χ4v) is 3.34. The molecule has 0 saturated carbocycles. The summed E-state index contributed by atoms with van der Waals surface area (Å²) < 4.78 is 2.13. The van der Waals surface area contributed by atoms with Gasteiger partial charge in [0.25, 0.3) is 0 Å². The first-order valence-corrected chi connectivity index (χ1v) is 8.29. The van der Waals surface area contributed by atoms with Gasteiger partial charge in [0.2, 0.25) is 11.0 Å². The molecule has 2 aromatic heterocycles. The Balaban J connectivity index is 1.40. The average Bonchev–Trinajstić information content (AvgIpc) is 3.13. The number of carbonyl (C=O) groups excluding carboxylic acids is 1. The molecule has 118 valence electrons. The quantitative estimate of drug-likeness (QED) is 0.901. The van der Waals surface area contributed by atoms with E-state index in [1.807, 2.05) is 25.6 Å². The number of hydrogen-bond acceptors (Lipinski definition) is 6. The molecular weight excluding hydrogens is 300 g/mol. The van der Waals surface area contributed by atoms with Crippen LogP contribution in [0.3, 0.4) is 0 Å². The molecule has 0 unspecified atom stereocenters. The van der Waals surface area contributed by atoms with Gasteiger partial charge in [0.1, 0.15) is 5.01 Å². The minimum Gasteiger partial charge on any atom is -0.337 e. The highest BCUT2D eigenvalue weighted by molar-refractivity contribution is 7.15. The van der Waals surface area contributed by atoms with Gasteiger partial charge in [-0.05, 0) is 38.8 Å². The highest BCUT2D eigenvalue weighted by atomic mass is 32.1. The van der Waals surface area contributed by atoms with Crippen molar-refractivity contribution in [1.29, 1.82) is 0 Å². The van der Waals surface area contributed by atoms with Crippen molar-refractivity contribution in [3.05, 3.63) is 23.7 Å². The third-order valence-electron chi connectivity index (χ3n) is 3.87. The van der Waals surface area contributed by atoms with Gasteiger partial charge in [-0.3, -0.25) is 15.0 Å². The van der Waals surface area contributed by atoms with Crippen LogP contribution in [0.5, 0.6) is 0 Å². The molecule has 1 aliphatic heterocycles. The lowest BCUT2D eigenvalue weighted by atomic mass is 9.97. The van der Waals surface area contributed by atoms with E-state index in [9.17, 15) is 4.79 Å². The molecule has 22 heavy (non-hydrogen) atoms. The lowest BCUT2D eigenvalue weighted by Crippen LogP contribution is -2.39. The van der Waals surface area contributed by atoms with Crippen molar-refractivity contribution >= 4 is 22.4 Å². The van der Waals surface area contributed by atoms with Crippen LogP contribution in [0.2, 0.25) is 0 Å². The Bertz CT molecular complexity index is 603. The topological polar surface area (TPSA) is 75.9 Å². The van der Waals surface area contributed by atoms with Gasteiger partial charge in [-0.2, -0.15) is 0 Å². The van der Waals surface area contributed by atoms with E-state index < -0.39 is 0 Å². The first kappa shape index (κ1) is 15.1. The number of imidazole rings is 1.